The molecular weight excluding hydrogens is 342 g/mol. The summed E-state index contributed by atoms with van der Waals surface area (Å²) in [6, 6.07) is 19.7. The first-order chi connectivity index (χ1) is 12.7. The van der Waals surface area contributed by atoms with Crippen LogP contribution in [0.1, 0.15) is 24.9 Å². The number of fused-ring (bicyclic) bond motifs is 1. The zero-order valence-electron chi connectivity index (χ0n) is 14.7. The number of aliphatic imine (C=N–C) groups is 1. The molecule has 2 heterocycles. The number of hydrogen-bond acceptors (Lipinski definition) is 4. The van der Waals surface area contributed by atoms with Crippen LogP contribution in [0.5, 0.6) is 0 Å². The molecule has 1 fully saturated rings. The topological polar surface area (TPSA) is 44.7 Å². The number of allylic oxidation sites excluding steroid dienone is 1. The minimum absolute atomic E-state index is 0.0825. The molecule has 0 bridgehead atoms. The summed E-state index contributed by atoms with van der Waals surface area (Å²) in [6.45, 7) is 2.86. The Balaban J connectivity index is 1.75. The standard InChI is InChI=1S/C21H21N3OS/c1-15-18(20(25)23-17-11-6-3-7-12-17)19(16-9-4-2-5-10-16)24-13-8-14-26-21(24)22-15/h2-7,9-12,19H,8,13-14H2,1H3,(H,23,25)/t19-/m1/s1. The fraction of sp³-hybridized carbons (Fsp3) is 0.238. The molecule has 1 atom stereocenters. The number of nitrogens with zero attached hydrogens (tertiary/aromatic N) is 2. The second-order valence-corrected chi connectivity index (χ2v) is 7.48. The van der Waals surface area contributed by atoms with E-state index in [0.29, 0.717) is 0 Å². The molecule has 2 aliphatic heterocycles. The highest BCUT2D eigenvalue weighted by atomic mass is 32.2. The molecule has 0 aliphatic carbocycles. The van der Waals surface area contributed by atoms with Gasteiger partial charge in [-0.1, -0.05) is 60.3 Å². The third kappa shape index (κ3) is 3.27. The monoisotopic (exact) mass is 363 g/mol. The number of hydrogen-bond donors (Lipinski definition) is 1. The van der Waals surface area contributed by atoms with Crippen molar-refractivity contribution in [2.45, 2.75) is 19.4 Å². The quantitative estimate of drug-likeness (QED) is 0.876. The fourth-order valence-corrected chi connectivity index (χ4v) is 4.48. The van der Waals surface area contributed by atoms with E-state index in [9.17, 15) is 4.79 Å². The van der Waals surface area contributed by atoms with Gasteiger partial charge < -0.3 is 10.2 Å². The van der Waals surface area contributed by atoms with Gasteiger partial charge in [0.15, 0.2) is 5.17 Å². The minimum atomic E-state index is -0.0970. The van der Waals surface area contributed by atoms with Crippen molar-refractivity contribution in [3.8, 4) is 0 Å². The van der Waals surface area contributed by atoms with Crippen LogP contribution in [0, 0.1) is 0 Å². The van der Waals surface area contributed by atoms with E-state index in [0.717, 1.165) is 46.4 Å². The van der Waals surface area contributed by atoms with Gasteiger partial charge in [-0.15, -0.1) is 0 Å². The van der Waals surface area contributed by atoms with E-state index in [1.54, 1.807) is 11.8 Å². The molecule has 132 valence electrons. The Morgan fingerprint density at radius 3 is 2.54 bits per heavy atom. The first-order valence-corrected chi connectivity index (χ1v) is 9.83. The van der Waals surface area contributed by atoms with Gasteiger partial charge in [-0.25, -0.2) is 4.99 Å². The normalized spacial score (nSPS) is 19.7. The molecule has 0 unspecified atom stereocenters. The van der Waals surface area contributed by atoms with Crippen molar-refractivity contribution in [1.29, 1.82) is 0 Å². The fourth-order valence-electron chi connectivity index (χ4n) is 3.46. The first kappa shape index (κ1) is 16.9. The highest BCUT2D eigenvalue weighted by molar-refractivity contribution is 8.13. The summed E-state index contributed by atoms with van der Waals surface area (Å²) in [5.41, 5.74) is 3.45. The number of carbonyl (C=O) groups excluding carboxylic acids is 1. The highest BCUT2D eigenvalue weighted by Crippen LogP contribution is 2.39. The summed E-state index contributed by atoms with van der Waals surface area (Å²) in [6.07, 6.45) is 1.10. The van der Waals surface area contributed by atoms with Gasteiger partial charge in [-0.05, 0) is 31.0 Å². The van der Waals surface area contributed by atoms with Crippen LogP contribution in [0.15, 0.2) is 76.9 Å². The molecule has 0 spiro atoms. The van der Waals surface area contributed by atoms with Gasteiger partial charge in [-0.3, -0.25) is 4.79 Å². The minimum Gasteiger partial charge on any atom is -0.340 e. The molecule has 1 amide bonds. The van der Waals surface area contributed by atoms with Crippen molar-refractivity contribution in [2.75, 3.05) is 17.6 Å². The third-order valence-electron chi connectivity index (χ3n) is 4.65. The zero-order chi connectivity index (χ0) is 17.9. The van der Waals surface area contributed by atoms with Crippen LogP contribution in [0.25, 0.3) is 0 Å². The summed E-state index contributed by atoms with van der Waals surface area (Å²) >= 11 is 1.78. The largest absolute Gasteiger partial charge is 0.340 e. The van der Waals surface area contributed by atoms with E-state index >= 15 is 0 Å². The predicted molar refractivity (Wildman–Crippen MR) is 108 cm³/mol. The Morgan fingerprint density at radius 2 is 1.81 bits per heavy atom. The lowest BCUT2D eigenvalue weighted by Crippen LogP contribution is -2.42. The number of para-hydroxylation sites is 1. The van der Waals surface area contributed by atoms with Crippen molar-refractivity contribution < 1.29 is 4.79 Å². The van der Waals surface area contributed by atoms with E-state index in [1.807, 2.05) is 55.5 Å². The molecule has 1 N–H and O–H groups in total. The molecule has 2 aliphatic rings. The molecule has 2 aromatic rings. The van der Waals surface area contributed by atoms with Crippen molar-refractivity contribution in [2.24, 2.45) is 4.99 Å². The number of anilines is 1. The lowest BCUT2D eigenvalue weighted by atomic mass is 9.93. The van der Waals surface area contributed by atoms with Crippen LogP contribution in [0.3, 0.4) is 0 Å². The van der Waals surface area contributed by atoms with E-state index < -0.39 is 0 Å². The number of benzene rings is 2. The van der Waals surface area contributed by atoms with Gasteiger partial charge in [0.1, 0.15) is 0 Å². The summed E-state index contributed by atoms with van der Waals surface area (Å²) in [4.78, 5) is 20.2. The summed E-state index contributed by atoms with van der Waals surface area (Å²) in [5.74, 6) is 0.997. The molecular formula is C21H21N3OS. The van der Waals surface area contributed by atoms with Crippen molar-refractivity contribution >= 4 is 28.5 Å². The first-order valence-electron chi connectivity index (χ1n) is 8.84. The number of rotatable bonds is 3. The van der Waals surface area contributed by atoms with Gasteiger partial charge in [0.25, 0.3) is 5.91 Å². The van der Waals surface area contributed by atoms with E-state index in [1.165, 1.54) is 0 Å². The van der Waals surface area contributed by atoms with E-state index in [-0.39, 0.29) is 11.9 Å². The van der Waals surface area contributed by atoms with Crippen LogP contribution in [0.2, 0.25) is 0 Å². The Morgan fingerprint density at radius 1 is 1.12 bits per heavy atom. The summed E-state index contributed by atoms with van der Waals surface area (Å²) in [5, 5.41) is 4.06. The molecule has 4 rings (SSSR count). The number of nitrogens with one attached hydrogen (secondary N) is 1. The number of amidine groups is 1. The van der Waals surface area contributed by atoms with Crippen LogP contribution in [-0.4, -0.2) is 28.3 Å². The van der Waals surface area contributed by atoms with Gasteiger partial charge in [0.05, 0.1) is 17.3 Å². The summed E-state index contributed by atoms with van der Waals surface area (Å²) < 4.78 is 0. The number of amides is 1. The second kappa shape index (κ2) is 7.38. The second-order valence-electron chi connectivity index (χ2n) is 6.42. The van der Waals surface area contributed by atoms with Crippen LogP contribution >= 0.6 is 11.8 Å². The SMILES string of the molecule is CC1=C(C(=O)Nc2ccccc2)[C@@H](c2ccccc2)N2CCCSC2=N1. The smallest absolute Gasteiger partial charge is 0.255 e. The Hall–Kier alpha value is -2.53. The number of carbonyl (C=O) groups is 1. The lowest BCUT2D eigenvalue weighted by Gasteiger charge is -2.40. The molecule has 26 heavy (non-hydrogen) atoms. The average molecular weight is 363 g/mol. The van der Waals surface area contributed by atoms with Crippen LogP contribution in [-0.2, 0) is 4.79 Å². The van der Waals surface area contributed by atoms with Crippen molar-refractivity contribution in [3.05, 3.63) is 77.5 Å². The van der Waals surface area contributed by atoms with Gasteiger partial charge in [-0.2, -0.15) is 0 Å². The molecule has 2 aromatic carbocycles. The van der Waals surface area contributed by atoms with Gasteiger partial charge in [0.2, 0.25) is 0 Å². The van der Waals surface area contributed by atoms with Crippen LogP contribution < -0.4 is 5.32 Å². The molecule has 5 heteroatoms. The molecule has 0 saturated carbocycles. The third-order valence-corrected chi connectivity index (χ3v) is 5.73. The van der Waals surface area contributed by atoms with Crippen molar-refractivity contribution in [1.82, 2.24) is 4.90 Å². The lowest BCUT2D eigenvalue weighted by molar-refractivity contribution is -0.113. The average Bonchev–Trinajstić information content (AvgIpc) is 2.68. The van der Waals surface area contributed by atoms with Crippen LogP contribution in [0.4, 0.5) is 5.69 Å². The van der Waals surface area contributed by atoms with Gasteiger partial charge in [0, 0.05) is 18.0 Å². The Bertz CT molecular complexity index is 861. The Kier molecular flexibility index (Phi) is 4.80. The van der Waals surface area contributed by atoms with E-state index in [2.05, 4.69) is 22.3 Å². The Labute approximate surface area is 158 Å². The van der Waals surface area contributed by atoms with Gasteiger partial charge >= 0.3 is 0 Å². The van der Waals surface area contributed by atoms with Crippen molar-refractivity contribution in [3.63, 3.8) is 0 Å². The molecule has 0 aromatic heterocycles. The zero-order valence-corrected chi connectivity index (χ0v) is 15.5. The highest BCUT2D eigenvalue weighted by Gasteiger charge is 2.36. The molecule has 1 saturated heterocycles. The molecule has 0 radical (unpaired) electrons. The maximum Gasteiger partial charge on any atom is 0.255 e. The molecule has 4 nitrogen and oxygen atoms in total. The summed E-state index contributed by atoms with van der Waals surface area (Å²) in [7, 11) is 0. The van der Waals surface area contributed by atoms with E-state index in [4.69, 9.17) is 4.99 Å². The predicted octanol–water partition coefficient (Wildman–Crippen LogP) is 4.45. The maximum atomic E-state index is 13.2. The maximum absolute atomic E-state index is 13.2. The number of thioether (sulfide) groups is 1.